The van der Waals surface area contributed by atoms with Crippen LogP contribution in [0, 0.1) is 6.92 Å². The van der Waals surface area contributed by atoms with Crippen molar-refractivity contribution in [1.82, 2.24) is 19.9 Å². The predicted octanol–water partition coefficient (Wildman–Crippen LogP) is 5.14. The number of anilines is 3. The Morgan fingerprint density at radius 3 is 2.47 bits per heavy atom. The molecular formula is C24H32N6. The fourth-order valence-corrected chi connectivity index (χ4v) is 4.43. The van der Waals surface area contributed by atoms with Crippen molar-refractivity contribution in [3.05, 3.63) is 48.3 Å². The number of rotatable bonds is 7. The van der Waals surface area contributed by atoms with Gasteiger partial charge in [-0.25, -0.2) is 15.0 Å². The summed E-state index contributed by atoms with van der Waals surface area (Å²) in [5.74, 6) is 1.32. The second-order valence-corrected chi connectivity index (χ2v) is 8.15. The van der Waals surface area contributed by atoms with Gasteiger partial charge in [0.05, 0.1) is 11.2 Å². The third kappa shape index (κ3) is 4.70. The molecule has 0 unspecified atom stereocenters. The smallest absolute Gasteiger partial charge is 0.228 e. The van der Waals surface area contributed by atoms with E-state index in [4.69, 9.17) is 4.98 Å². The van der Waals surface area contributed by atoms with Crippen molar-refractivity contribution < 1.29 is 0 Å². The summed E-state index contributed by atoms with van der Waals surface area (Å²) in [7, 11) is 0. The van der Waals surface area contributed by atoms with E-state index in [1.54, 1.807) is 0 Å². The summed E-state index contributed by atoms with van der Waals surface area (Å²) in [6.45, 7) is 8.84. The highest BCUT2D eigenvalue weighted by Crippen LogP contribution is 2.29. The Bertz CT molecular complexity index is 959. The summed E-state index contributed by atoms with van der Waals surface area (Å²) in [5.41, 5.74) is 3.16. The lowest BCUT2D eigenvalue weighted by Crippen LogP contribution is -2.40. The molecule has 30 heavy (non-hydrogen) atoms. The molecule has 0 amide bonds. The van der Waals surface area contributed by atoms with Gasteiger partial charge in [-0.15, -0.1) is 0 Å². The predicted molar refractivity (Wildman–Crippen MR) is 124 cm³/mol. The molecule has 1 fully saturated rings. The summed E-state index contributed by atoms with van der Waals surface area (Å²) < 4.78 is 0. The number of hydrogen-bond donors (Lipinski definition) is 2. The maximum absolute atomic E-state index is 4.80. The van der Waals surface area contributed by atoms with Crippen LogP contribution in [-0.4, -0.2) is 45.0 Å². The molecule has 0 bridgehead atoms. The van der Waals surface area contributed by atoms with Crippen LogP contribution >= 0.6 is 0 Å². The van der Waals surface area contributed by atoms with Gasteiger partial charge in [0.2, 0.25) is 5.95 Å². The highest BCUT2D eigenvalue weighted by Gasteiger charge is 2.24. The van der Waals surface area contributed by atoms with Crippen LogP contribution in [0.2, 0.25) is 0 Å². The van der Waals surface area contributed by atoms with Crippen LogP contribution in [0.4, 0.5) is 17.5 Å². The van der Waals surface area contributed by atoms with E-state index in [0.29, 0.717) is 12.0 Å². The minimum atomic E-state index is 0.493. The first-order valence-electron chi connectivity index (χ1n) is 11.1. The van der Waals surface area contributed by atoms with Crippen LogP contribution in [-0.2, 0) is 0 Å². The first-order valence-corrected chi connectivity index (χ1v) is 11.1. The zero-order valence-electron chi connectivity index (χ0n) is 18.2. The molecule has 3 aromatic rings. The molecule has 1 saturated carbocycles. The van der Waals surface area contributed by atoms with Gasteiger partial charge in [-0.3, -0.25) is 0 Å². The molecule has 2 N–H and O–H groups in total. The van der Waals surface area contributed by atoms with Crippen molar-refractivity contribution in [2.75, 3.05) is 23.7 Å². The molecule has 0 radical (unpaired) electrons. The quantitative estimate of drug-likeness (QED) is 0.568. The monoisotopic (exact) mass is 404 g/mol. The average molecular weight is 405 g/mol. The molecule has 1 aliphatic carbocycles. The number of benzene rings is 1. The molecule has 6 nitrogen and oxygen atoms in total. The largest absolute Gasteiger partial charge is 0.381 e. The SMILES string of the molecule is CCN(CC)C1CCC(Nc2cccc3cnc(Nc4ccc(C)cn4)nc23)CC1. The number of para-hydroxylation sites is 1. The minimum absolute atomic E-state index is 0.493. The van der Waals surface area contributed by atoms with Crippen molar-refractivity contribution in [1.29, 1.82) is 0 Å². The topological polar surface area (TPSA) is 66.0 Å². The number of fused-ring (bicyclic) bond motifs is 1. The van der Waals surface area contributed by atoms with E-state index in [0.717, 1.165) is 47.1 Å². The summed E-state index contributed by atoms with van der Waals surface area (Å²) in [6.07, 6.45) is 8.62. The molecular weight excluding hydrogens is 372 g/mol. The van der Waals surface area contributed by atoms with Crippen molar-refractivity contribution in [2.24, 2.45) is 0 Å². The zero-order chi connectivity index (χ0) is 20.9. The second-order valence-electron chi connectivity index (χ2n) is 8.15. The van der Waals surface area contributed by atoms with Crippen molar-refractivity contribution in [2.45, 2.75) is 58.5 Å². The Labute approximate surface area is 179 Å². The fourth-order valence-electron chi connectivity index (χ4n) is 4.43. The molecule has 0 atom stereocenters. The Kier molecular flexibility index (Phi) is 6.43. The van der Waals surface area contributed by atoms with Crippen LogP contribution in [0.3, 0.4) is 0 Å². The molecule has 2 aromatic heterocycles. The van der Waals surface area contributed by atoms with Crippen LogP contribution in [0.1, 0.15) is 45.1 Å². The Morgan fingerprint density at radius 2 is 1.77 bits per heavy atom. The fraction of sp³-hybridized carbons (Fsp3) is 0.458. The van der Waals surface area contributed by atoms with Gasteiger partial charge < -0.3 is 15.5 Å². The van der Waals surface area contributed by atoms with E-state index in [1.807, 2.05) is 31.5 Å². The van der Waals surface area contributed by atoms with E-state index < -0.39 is 0 Å². The number of aromatic nitrogens is 3. The molecule has 4 rings (SSSR count). The van der Waals surface area contributed by atoms with Gasteiger partial charge in [0.25, 0.3) is 0 Å². The zero-order valence-corrected chi connectivity index (χ0v) is 18.2. The maximum Gasteiger partial charge on any atom is 0.228 e. The highest BCUT2D eigenvalue weighted by atomic mass is 15.2. The molecule has 0 spiro atoms. The van der Waals surface area contributed by atoms with Crippen LogP contribution < -0.4 is 10.6 Å². The van der Waals surface area contributed by atoms with Gasteiger partial charge in [0.15, 0.2) is 0 Å². The minimum Gasteiger partial charge on any atom is -0.381 e. The molecule has 0 saturated heterocycles. The van der Waals surface area contributed by atoms with Crippen LogP contribution in [0.15, 0.2) is 42.7 Å². The molecule has 6 heteroatoms. The van der Waals surface area contributed by atoms with Gasteiger partial charge in [-0.1, -0.05) is 32.0 Å². The van der Waals surface area contributed by atoms with Gasteiger partial charge in [-0.2, -0.15) is 0 Å². The van der Waals surface area contributed by atoms with E-state index >= 15 is 0 Å². The average Bonchev–Trinajstić information content (AvgIpc) is 2.78. The molecule has 0 aliphatic heterocycles. The number of hydrogen-bond acceptors (Lipinski definition) is 6. The number of nitrogens with one attached hydrogen (secondary N) is 2. The van der Waals surface area contributed by atoms with Gasteiger partial charge in [0.1, 0.15) is 5.82 Å². The summed E-state index contributed by atoms with van der Waals surface area (Å²) >= 11 is 0. The second kappa shape index (κ2) is 9.39. The lowest BCUT2D eigenvalue weighted by atomic mass is 9.90. The first-order chi connectivity index (χ1) is 14.7. The van der Waals surface area contributed by atoms with Gasteiger partial charge in [0, 0.05) is 29.9 Å². The van der Waals surface area contributed by atoms with Crippen LogP contribution in [0.25, 0.3) is 10.9 Å². The summed E-state index contributed by atoms with van der Waals surface area (Å²) in [5, 5.41) is 8.03. The molecule has 2 heterocycles. The van der Waals surface area contributed by atoms with Crippen molar-refractivity contribution >= 4 is 28.4 Å². The first kappa shape index (κ1) is 20.5. The number of aryl methyl sites for hydroxylation is 1. The molecule has 1 aromatic carbocycles. The summed E-state index contributed by atoms with van der Waals surface area (Å²) in [6, 6.07) is 11.5. The van der Waals surface area contributed by atoms with Crippen molar-refractivity contribution in [3.63, 3.8) is 0 Å². The number of nitrogens with zero attached hydrogens (tertiary/aromatic N) is 4. The number of pyridine rings is 1. The van der Waals surface area contributed by atoms with Gasteiger partial charge >= 0.3 is 0 Å². The third-order valence-electron chi connectivity index (χ3n) is 6.15. The van der Waals surface area contributed by atoms with Gasteiger partial charge in [-0.05, 0) is 63.4 Å². The van der Waals surface area contributed by atoms with E-state index in [9.17, 15) is 0 Å². The third-order valence-corrected chi connectivity index (χ3v) is 6.15. The van der Waals surface area contributed by atoms with E-state index in [1.165, 1.54) is 25.7 Å². The Morgan fingerprint density at radius 1 is 0.967 bits per heavy atom. The lowest BCUT2D eigenvalue weighted by Gasteiger charge is -2.36. The highest BCUT2D eigenvalue weighted by molar-refractivity contribution is 5.90. The normalized spacial score (nSPS) is 19.2. The van der Waals surface area contributed by atoms with E-state index in [-0.39, 0.29) is 0 Å². The van der Waals surface area contributed by atoms with Crippen molar-refractivity contribution in [3.8, 4) is 0 Å². The Hall–Kier alpha value is -2.73. The maximum atomic E-state index is 4.80. The summed E-state index contributed by atoms with van der Waals surface area (Å²) in [4.78, 5) is 16.3. The standard InChI is InChI=1S/C24H32N6/c1-4-30(5-2)20-12-10-19(11-13-20)27-21-8-6-7-18-16-26-24(29-23(18)21)28-22-14-9-17(3)15-25-22/h6-9,14-16,19-20,27H,4-5,10-13H2,1-3H3,(H,25,26,28,29). The lowest BCUT2D eigenvalue weighted by molar-refractivity contribution is 0.167. The molecule has 158 valence electrons. The Balaban J connectivity index is 1.48. The molecule has 1 aliphatic rings. The van der Waals surface area contributed by atoms with Crippen LogP contribution in [0.5, 0.6) is 0 Å². The van der Waals surface area contributed by atoms with E-state index in [2.05, 4.69) is 57.5 Å².